The molecule has 96 valence electrons. The molecular formula is C11H17NO4S. The van der Waals surface area contributed by atoms with Crippen molar-refractivity contribution in [1.82, 2.24) is 4.90 Å². The van der Waals surface area contributed by atoms with Gasteiger partial charge < -0.3 is 10.0 Å². The summed E-state index contributed by atoms with van der Waals surface area (Å²) < 4.78 is 29.2. The van der Waals surface area contributed by atoms with Crippen LogP contribution in [0.4, 0.5) is 0 Å². The molecule has 1 saturated heterocycles. The molecule has 1 aliphatic heterocycles. The molecule has 2 N–H and O–H groups in total. The number of likely N-dealkylation sites (N-methyl/N-ethyl adjacent to an activating group) is 1. The molecule has 1 aromatic rings. The first kappa shape index (κ1) is 14.1. The average Bonchev–Trinajstić information content (AvgIpc) is 2.63. The first-order chi connectivity index (χ1) is 7.89. The van der Waals surface area contributed by atoms with Crippen molar-refractivity contribution in [2.75, 3.05) is 20.1 Å². The number of aliphatic hydroxyl groups is 1. The number of β-amino-alcohol motifs (C(OH)–C–C–N with tert-alkyl or cyclic N) is 1. The summed E-state index contributed by atoms with van der Waals surface area (Å²) in [6.07, 6.45) is 0.904. The Bertz CT molecular complexity index is 424. The Morgan fingerprint density at radius 2 is 1.88 bits per heavy atom. The highest BCUT2D eigenvalue weighted by atomic mass is 32.2. The third kappa shape index (κ3) is 5.27. The van der Waals surface area contributed by atoms with Gasteiger partial charge in [0.05, 0.1) is 11.0 Å². The Morgan fingerprint density at radius 3 is 2.12 bits per heavy atom. The monoisotopic (exact) mass is 259 g/mol. The second-order valence-corrected chi connectivity index (χ2v) is 5.41. The molecule has 1 fully saturated rings. The lowest BCUT2D eigenvalue weighted by atomic mass is 10.3. The first-order valence-electron chi connectivity index (χ1n) is 5.29. The zero-order valence-electron chi connectivity index (χ0n) is 9.65. The van der Waals surface area contributed by atoms with E-state index in [1.54, 1.807) is 18.2 Å². The van der Waals surface area contributed by atoms with E-state index in [9.17, 15) is 8.42 Å². The van der Waals surface area contributed by atoms with Gasteiger partial charge in [-0.05, 0) is 25.6 Å². The minimum atomic E-state index is -4.00. The second-order valence-electron chi connectivity index (χ2n) is 3.99. The molecule has 1 aromatic carbocycles. The highest BCUT2D eigenvalue weighted by Gasteiger charge is 2.15. The standard InChI is InChI=1S/C6H6O3S.C5H11NO/c7-10(8,9)6-4-2-1-3-5-6;1-6-3-2-5(7)4-6/h1-5H,(H,7,8,9);5,7H,2-4H2,1H3. The van der Waals surface area contributed by atoms with Crippen molar-refractivity contribution in [3.05, 3.63) is 30.3 Å². The number of benzene rings is 1. The van der Waals surface area contributed by atoms with E-state index in [0.29, 0.717) is 0 Å². The summed E-state index contributed by atoms with van der Waals surface area (Å²) in [5.41, 5.74) is 0. The molecule has 0 amide bonds. The largest absolute Gasteiger partial charge is 0.392 e. The quantitative estimate of drug-likeness (QED) is 0.723. The Hall–Kier alpha value is -0.950. The zero-order chi connectivity index (χ0) is 12.9. The molecule has 0 bridgehead atoms. The van der Waals surface area contributed by atoms with Crippen molar-refractivity contribution in [1.29, 1.82) is 0 Å². The minimum absolute atomic E-state index is 0.0509. The molecule has 6 heteroatoms. The number of nitrogens with zero attached hydrogens (tertiary/aromatic N) is 1. The summed E-state index contributed by atoms with van der Waals surface area (Å²) in [7, 11) is -1.98. The lowest BCUT2D eigenvalue weighted by Gasteiger charge is -2.02. The molecule has 2 rings (SSSR count). The molecule has 0 saturated carbocycles. The number of aliphatic hydroxyl groups excluding tert-OH is 1. The maximum atomic E-state index is 10.4. The van der Waals surface area contributed by atoms with Crippen LogP contribution in [0, 0.1) is 0 Å². The molecule has 0 aliphatic carbocycles. The average molecular weight is 259 g/mol. The SMILES string of the molecule is CN1CCC(O)C1.O=S(=O)(O)c1ccccc1. The normalized spacial score (nSPS) is 20.8. The first-order valence-corrected chi connectivity index (χ1v) is 6.73. The second kappa shape index (κ2) is 6.11. The van der Waals surface area contributed by atoms with E-state index >= 15 is 0 Å². The Balaban J connectivity index is 0.000000181. The van der Waals surface area contributed by atoms with Crippen LogP contribution < -0.4 is 0 Å². The number of hydrogen-bond donors (Lipinski definition) is 2. The lowest BCUT2D eigenvalue weighted by Crippen LogP contribution is -2.15. The molecule has 0 radical (unpaired) electrons. The van der Waals surface area contributed by atoms with Crippen LogP contribution >= 0.6 is 0 Å². The van der Waals surface area contributed by atoms with Crippen LogP contribution in [-0.4, -0.2) is 49.2 Å². The summed E-state index contributed by atoms with van der Waals surface area (Å²) in [6.45, 7) is 1.92. The van der Waals surface area contributed by atoms with E-state index < -0.39 is 10.1 Å². The van der Waals surface area contributed by atoms with E-state index in [1.165, 1.54) is 12.1 Å². The fraction of sp³-hybridized carbons (Fsp3) is 0.455. The number of hydrogen-bond acceptors (Lipinski definition) is 4. The topological polar surface area (TPSA) is 77.8 Å². The number of rotatable bonds is 1. The maximum Gasteiger partial charge on any atom is 0.294 e. The fourth-order valence-corrected chi connectivity index (χ4v) is 2.01. The van der Waals surface area contributed by atoms with Gasteiger partial charge in [-0.1, -0.05) is 18.2 Å². The van der Waals surface area contributed by atoms with Crippen molar-refractivity contribution in [3.63, 3.8) is 0 Å². The number of likely N-dealkylation sites (tertiary alicyclic amines) is 1. The van der Waals surface area contributed by atoms with Crippen LogP contribution in [0.2, 0.25) is 0 Å². The highest BCUT2D eigenvalue weighted by molar-refractivity contribution is 7.85. The van der Waals surface area contributed by atoms with E-state index in [2.05, 4.69) is 4.90 Å². The molecule has 1 aliphatic rings. The summed E-state index contributed by atoms with van der Waals surface area (Å²) >= 11 is 0. The van der Waals surface area contributed by atoms with Gasteiger partial charge in [0.25, 0.3) is 10.1 Å². The van der Waals surface area contributed by atoms with E-state index in [1.807, 2.05) is 7.05 Å². The van der Waals surface area contributed by atoms with Gasteiger partial charge in [0, 0.05) is 13.1 Å². The van der Waals surface area contributed by atoms with E-state index in [0.717, 1.165) is 19.5 Å². The molecule has 1 heterocycles. The molecule has 5 nitrogen and oxygen atoms in total. The maximum absolute atomic E-state index is 10.4. The van der Waals surface area contributed by atoms with Gasteiger partial charge in [0.2, 0.25) is 0 Å². The molecule has 17 heavy (non-hydrogen) atoms. The van der Waals surface area contributed by atoms with Crippen molar-refractivity contribution in [2.45, 2.75) is 17.4 Å². The van der Waals surface area contributed by atoms with Gasteiger partial charge in [-0.15, -0.1) is 0 Å². The predicted molar refractivity (Wildman–Crippen MR) is 64.4 cm³/mol. The van der Waals surface area contributed by atoms with E-state index in [-0.39, 0.29) is 11.0 Å². The fourth-order valence-electron chi connectivity index (χ4n) is 1.50. The minimum Gasteiger partial charge on any atom is -0.392 e. The van der Waals surface area contributed by atoms with Crippen molar-refractivity contribution in [2.24, 2.45) is 0 Å². The van der Waals surface area contributed by atoms with Gasteiger partial charge in [0.1, 0.15) is 0 Å². The third-order valence-electron chi connectivity index (χ3n) is 2.41. The molecule has 0 aromatic heterocycles. The molecule has 0 spiro atoms. The van der Waals surface area contributed by atoms with Gasteiger partial charge in [0.15, 0.2) is 0 Å². The van der Waals surface area contributed by atoms with Crippen LogP contribution in [0.15, 0.2) is 35.2 Å². The summed E-state index contributed by atoms with van der Waals surface area (Å²) in [5, 5.41) is 8.86. The third-order valence-corrected chi connectivity index (χ3v) is 3.28. The van der Waals surface area contributed by atoms with Crippen LogP contribution in [0.3, 0.4) is 0 Å². The Labute approximate surface area is 101 Å². The van der Waals surface area contributed by atoms with Crippen molar-refractivity contribution < 1.29 is 18.1 Å². The highest BCUT2D eigenvalue weighted by Crippen LogP contribution is 2.05. The summed E-state index contributed by atoms with van der Waals surface area (Å²) in [4.78, 5) is 2.06. The Kier molecular flexibility index (Phi) is 5.07. The van der Waals surface area contributed by atoms with Crippen molar-refractivity contribution >= 4 is 10.1 Å². The molecule has 1 unspecified atom stereocenters. The summed E-state index contributed by atoms with van der Waals surface area (Å²) in [5.74, 6) is 0. The van der Waals surface area contributed by atoms with E-state index in [4.69, 9.17) is 9.66 Å². The molecular weight excluding hydrogens is 242 g/mol. The van der Waals surface area contributed by atoms with Gasteiger partial charge in [-0.3, -0.25) is 4.55 Å². The van der Waals surface area contributed by atoms with Gasteiger partial charge >= 0.3 is 0 Å². The van der Waals surface area contributed by atoms with Crippen LogP contribution in [0.1, 0.15) is 6.42 Å². The zero-order valence-corrected chi connectivity index (χ0v) is 10.5. The van der Waals surface area contributed by atoms with Gasteiger partial charge in [-0.25, -0.2) is 0 Å². The summed E-state index contributed by atoms with van der Waals surface area (Å²) in [6, 6.07) is 7.42. The smallest absolute Gasteiger partial charge is 0.294 e. The van der Waals surface area contributed by atoms with Crippen LogP contribution in [-0.2, 0) is 10.1 Å². The lowest BCUT2D eigenvalue weighted by molar-refractivity contribution is 0.183. The predicted octanol–water partition coefficient (Wildman–Crippen LogP) is 0.616. The van der Waals surface area contributed by atoms with Crippen LogP contribution in [0.5, 0.6) is 0 Å². The van der Waals surface area contributed by atoms with Crippen molar-refractivity contribution in [3.8, 4) is 0 Å². The Morgan fingerprint density at radius 1 is 1.29 bits per heavy atom. The van der Waals surface area contributed by atoms with Gasteiger partial charge in [-0.2, -0.15) is 8.42 Å². The van der Waals surface area contributed by atoms with Crippen LogP contribution in [0.25, 0.3) is 0 Å². The molecule has 1 atom stereocenters.